The lowest BCUT2D eigenvalue weighted by Crippen LogP contribution is -2.39. The summed E-state index contributed by atoms with van der Waals surface area (Å²) in [6.07, 6.45) is 3.70. The SMILES string of the molecule is CC(=O)N1CC[C@@]2(CCN(C(=O)[C@@H]3CCCO3)C2)C1. The van der Waals surface area contributed by atoms with E-state index in [-0.39, 0.29) is 23.3 Å². The molecule has 3 aliphatic rings. The molecule has 0 aromatic heterocycles. The van der Waals surface area contributed by atoms with E-state index < -0.39 is 0 Å². The number of hydrogen-bond donors (Lipinski definition) is 0. The van der Waals surface area contributed by atoms with E-state index in [1.165, 1.54) is 0 Å². The van der Waals surface area contributed by atoms with E-state index >= 15 is 0 Å². The largest absolute Gasteiger partial charge is 0.368 e. The van der Waals surface area contributed by atoms with Gasteiger partial charge in [-0.3, -0.25) is 9.59 Å². The van der Waals surface area contributed by atoms with Gasteiger partial charge in [0.15, 0.2) is 0 Å². The zero-order valence-electron chi connectivity index (χ0n) is 11.6. The summed E-state index contributed by atoms with van der Waals surface area (Å²) in [5, 5.41) is 0. The zero-order valence-corrected chi connectivity index (χ0v) is 11.6. The summed E-state index contributed by atoms with van der Waals surface area (Å²) in [6.45, 7) is 5.63. The molecule has 0 unspecified atom stereocenters. The van der Waals surface area contributed by atoms with Gasteiger partial charge in [-0.2, -0.15) is 0 Å². The number of carbonyl (C=O) groups excluding carboxylic acids is 2. The van der Waals surface area contributed by atoms with Crippen molar-refractivity contribution in [2.24, 2.45) is 5.41 Å². The quantitative estimate of drug-likeness (QED) is 0.699. The second-order valence-corrected chi connectivity index (χ2v) is 6.20. The van der Waals surface area contributed by atoms with Crippen LogP contribution in [0.25, 0.3) is 0 Å². The Labute approximate surface area is 113 Å². The van der Waals surface area contributed by atoms with Crippen molar-refractivity contribution in [3.05, 3.63) is 0 Å². The Morgan fingerprint density at radius 1 is 1.16 bits per heavy atom. The third kappa shape index (κ3) is 2.36. The third-order valence-electron chi connectivity index (χ3n) is 4.84. The summed E-state index contributed by atoms with van der Waals surface area (Å²) in [7, 11) is 0. The molecule has 3 rings (SSSR count). The van der Waals surface area contributed by atoms with Crippen LogP contribution in [0.15, 0.2) is 0 Å². The molecule has 3 heterocycles. The average molecular weight is 266 g/mol. The van der Waals surface area contributed by atoms with Gasteiger partial charge in [-0.1, -0.05) is 0 Å². The van der Waals surface area contributed by atoms with Crippen molar-refractivity contribution in [3.63, 3.8) is 0 Å². The number of rotatable bonds is 1. The molecule has 5 heteroatoms. The van der Waals surface area contributed by atoms with Crippen LogP contribution in [0.3, 0.4) is 0 Å². The van der Waals surface area contributed by atoms with Gasteiger partial charge >= 0.3 is 0 Å². The van der Waals surface area contributed by atoms with E-state index in [1.807, 2.05) is 9.80 Å². The highest BCUT2D eigenvalue weighted by atomic mass is 16.5. The molecule has 0 saturated carbocycles. The molecule has 3 aliphatic heterocycles. The first-order chi connectivity index (χ1) is 9.10. The van der Waals surface area contributed by atoms with Gasteiger partial charge in [0.25, 0.3) is 5.91 Å². The van der Waals surface area contributed by atoms with Crippen molar-refractivity contribution in [3.8, 4) is 0 Å². The van der Waals surface area contributed by atoms with E-state index in [0.29, 0.717) is 6.61 Å². The van der Waals surface area contributed by atoms with Crippen molar-refractivity contribution < 1.29 is 14.3 Å². The second kappa shape index (κ2) is 4.78. The summed E-state index contributed by atoms with van der Waals surface area (Å²) >= 11 is 0. The van der Waals surface area contributed by atoms with Crippen LogP contribution in [0.5, 0.6) is 0 Å². The molecular weight excluding hydrogens is 244 g/mol. The van der Waals surface area contributed by atoms with E-state index in [0.717, 1.165) is 51.9 Å². The summed E-state index contributed by atoms with van der Waals surface area (Å²) in [5.41, 5.74) is 0.153. The highest BCUT2D eigenvalue weighted by Crippen LogP contribution is 2.40. The molecule has 3 fully saturated rings. The van der Waals surface area contributed by atoms with Crippen molar-refractivity contribution in [2.45, 2.75) is 38.7 Å². The van der Waals surface area contributed by atoms with Gasteiger partial charge < -0.3 is 14.5 Å². The van der Waals surface area contributed by atoms with Gasteiger partial charge in [-0.25, -0.2) is 0 Å². The molecule has 1 spiro atoms. The molecule has 0 aromatic carbocycles. The van der Waals surface area contributed by atoms with Gasteiger partial charge in [0.1, 0.15) is 6.10 Å². The Hall–Kier alpha value is -1.10. The number of carbonyl (C=O) groups is 2. The van der Waals surface area contributed by atoms with Crippen LogP contribution >= 0.6 is 0 Å². The van der Waals surface area contributed by atoms with Gasteiger partial charge in [0, 0.05) is 45.1 Å². The Morgan fingerprint density at radius 2 is 1.84 bits per heavy atom. The molecule has 2 amide bonds. The van der Waals surface area contributed by atoms with Crippen LogP contribution in [-0.4, -0.2) is 60.5 Å². The highest BCUT2D eigenvalue weighted by Gasteiger charge is 2.46. The summed E-state index contributed by atoms with van der Waals surface area (Å²) in [5.74, 6) is 0.316. The van der Waals surface area contributed by atoms with Crippen LogP contribution in [0.2, 0.25) is 0 Å². The van der Waals surface area contributed by atoms with E-state index in [2.05, 4.69) is 0 Å². The van der Waals surface area contributed by atoms with Crippen molar-refractivity contribution >= 4 is 11.8 Å². The number of likely N-dealkylation sites (tertiary alicyclic amines) is 2. The van der Waals surface area contributed by atoms with Crippen LogP contribution in [0, 0.1) is 5.41 Å². The number of nitrogens with zero attached hydrogens (tertiary/aromatic N) is 2. The topological polar surface area (TPSA) is 49.9 Å². The van der Waals surface area contributed by atoms with Crippen molar-refractivity contribution in [1.82, 2.24) is 9.80 Å². The average Bonchev–Trinajstić information content (AvgIpc) is 3.11. The summed E-state index contributed by atoms with van der Waals surface area (Å²) in [6, 6.07) is 0. The third-order valence-corrected chi connectivity index (χ3v) is 4.84. The Morgan fingerprint density at radius 3 is 2.42 bits per heavy atom. The lowest BCUT2D eigenvalue weighted by Gasteiger charge is -2.25. The molecule has 0 aliphatic carbocycles. The standard InChI is InChI=1S/C14H22N2O3/c1-11(17)15-6-4-14(9-15)5-7-16(10-14)13(18)12-3-2-8-19-12/h12H,2-10H2,1H3/t12-,14+/m0/s1. The summed E-state index contributed by atoms with van der Waals surface area (Å²) in [4.78, 5) is 27.6. The van der Waals surface area contributed by atoms with Gasteiger partial charge in [0.2, 0.25) is 5.91 Å². The number of amides is 2. The fourth-order valence-electron chi connectivity index (χ4n) is 3.64. The molecular formula is C14H22N2O3. The van der Waals surface area contributed by atoms with E-state index in [4.69, 9.17) is 4.74 Å². The first kappa shape index (κ1) is 12.9. The molecule has 0 N–H and O–H groups in total. The molecule has 2 atom stereocenters. The predicted octanol–water partition coefficient (Wildman–Crippen LogP) is 0.636. The van der Waals surface area contributed by atoms with E-state index in [1.54, 1.807) is 6.92 Å². The van der Waals surface area contributed by atoms with Crippen molar-refractivity contribution in [1.29, 1.82) is 0 Å². The lowest BCUT2D eigenvalue weighted by atomic mass is 9.86. The van der Waals surface area contributed by atoms with Gasteiger partial charge in [0.05, 0.1) is 0 Å². The molecule has 5 nitrogen and oxygen atoms in total. The zero-order chi connectivity index (χ0) is 13.5. The minimum absolute atomic E-state index is 0.153. The van der Waals surface area contributed by atoms with Crippen LogP contribution in [0.1, 0.15) is 32.6 Å². The fraction of sp³-hybridized carbons (Fsp3) is 0.857. The molecule has 106 valence electrons. The molecule has 0 radical (unpaired) electrons. The highest BCUT2D eigenvalue weighted by molar-refractivity contribution is 5.81. The Balaban J connectivity index is 1.61. The normalized spacial score (nSPS) is 34.5. The predicted molar refractivity (Wildman–Crippen MR) is 69.5 cm³/mol. The van der Waals surface area contributed by atoms with Gasteiger partial charge in [-0.05, 0) is 25.7 Å². The lowest BCUT2D eigenvalue weighted by molar-refractivity contribution is -0.140. The molecule has 0 bridgehead atoms. The summed E-state index contributed by atoms with van der Waals surface area (Å²) < 4.78 is 5.48. The number of ether oxygens (including phenoxy) is 1. The smallest absolute Gasteiger partial charge is 0.251 e. The Bertz CT molecular complexity index is 392. The Kier molecular flexibility index (Phi) is 3.25. The fourth-order valence-corrected chi connectivity index (χ4v) is 3.64. The molecule has 0 aromatic rings. The van der Waals surface area contributed by atoms with Gasteiger partial charge in [-0.15, -0.1) is 0 Å². The second-order valence-electron chi connectivity index (χ2n) is 6.20. The monoisotopic (exact) mass is 266 g/mol. The maximum Gasteiger partial charge on any atom is 0.251 e. The van der Waals surface area contributed by atoms with Crippen LogP contribution in [-0.2, 0) is 14.3 Å². The first-order valence-electron chi connectivity index (χ1n) is 7.26. The number of hydrogen-bond acceptors (Lipinski definition) is 3. The maximum absolute atomic E-state index is 12.3. The molecule has 19 heavy (non-hydrogen) atoms. The van der Waals surface area contributed by atoms with E-state index in [9.17, 15) is 9.59 Å². The van der Waals surface area contributed by atoms with Crippen LogP contribution < -0.4 is 0 Å². The first-order valence-corrected chi connectivity index (χ1v) is 7.26. The maximum atomic E-state index is 12.3. The molecule has 3 saturated heterocycles. The minimum atomic E-state index is -0.208. The minimum Gasteiger partial charge on any atom is -0.368 e. The van der Waals surface area contributed by atoms with Crippen molar-refractivity contribution in [2.75, 3.05) is 32.8 Å². The van der Waals surface area contributed by atoms with Crippen LogP contribution in [0.4, 0.5) is 0 Å².